The van der Waals surface area contributed by atoms with Gasteiger partial charge in [-0.15, -0.1) is 5.10 Å². The average molecular weight is 291 g/mol. The molecule has 104 valence electrons. The number of pyridine rings is 1. The first-order chi connectivity index (χ1) is 9.36. The van der Waals surface area contributed by atoms with Crippen LogP contribution in [0.25, 0.3) is 0 Å². The summed E-state index contributed by atoms with van der Waals surface area (Å²) < 4.78 is 0. The maximum Gasteiger partial charge on any atom is 0.257 e. The minimum absolute atomic E-state index is 0.188. The number of halogens is 1. The van der Waals surface area contributed by atoms with Gasteiger partial charge in [0, 0.05) is 22.9 Å². The molecule has 2 rings (SSSR count). The van der Waals surface area contributed by atoms with Crippen LogP contribution in [0.4, 0.5) is 5.82 Å². The van der Waals surface area contributed by atoms with E-state index in [1.54, 1.807) is 18.2 Å². The Morgan fingerprint density at radius 2 is 2.05 bits per heavy atom. The Morgan fingerprint density at radius 1 is 1.30 bits per heavy atom. The van der Waals surface area contributed by atoms with Crippen LogP contribution in [-0.2, 0) is 5.41 Å². The topological polar surface area (TPSA) is 67.8 Å². The summed E-state index contributed by atoms with van der Waals surface area (Å²) in [6.45, 7) is 6.03. The normalized spacial score (nSPS) is 11.2. The standard InChI is InChI=1S/C14H15ClN4O/c1-14(2,3)10-7-9(8-11(15)17-10)13(20)18-12-5-4-6-16-19-12/h4-8H,1-3H3,(H,18,19,20). The van der Waals surface area contributed by atoms with Crippen molar-refractivity contribution in [3.63, 3.8) is 0 Å². The molecule has 0 saturated carbocycles. The minimum atomic E-state index is -0.291. The second-order valence-corrected chi connectivity index (χ2v) is 5.76. The number of nitrogens with zero attached hydrogens (tertiary/aromatic N) is 3. The van der Waals surface area contributed by atoms with Crippen LogP contribution in [0.2, 0.25) is 5.15 Å². The zero-order chi connectivity index (χ0) is 14.8. The van der Waals surface area contributed by atoms with E-state index >= 15 is 0 Å². The molecule has 2 aromatic heterocycles. The molecule has 0 bridgehead atoms. The zero-order valence-electron chi connectivity index (χ0n) is 11.5. The fourth-order valence-electron chi connectivity index (χ4n) is 1.57. The van der Waals surface area contributed by atoms with Crippen LogP contribution in [0.1, 0.15) is 36.8 Å². The van der Waals surface area contributed by atoms with Gasteiger partial charge in [0.2, 0.25) is 0 Å². The largest absolute Gasteiger partial charge is 0.305 e. The van der Waals surface area contributed by atoms with E-state index in [0.29, 0.717) is 16.5 Å². The summed E-state index contributed by atoms with van der Waals surface area (Å²) in [5, 5.41) is 10.5. The van der Waals surface area contributed by atoms with Gasteiger partial charge in [-0.3, -0.25) is 4.79 Å². The molecule has 1 N–H and O–H groups in total. The van der Waals surface area contributed by atoms with Crippen molar-refractivity contribution in [2.75, 3.05) is 5.32 Å². The van der Waals surface area contributed by atoms with E-state index in [4.69, 9.17) is 11.6 Å². The first-order valence-corrected chi connectivity index (χ1v) is 6.51. The molecule has 20 heavy (non-hydrogen) atoms. The summed E-state index contributed by atoms with van der Waals surface area (Å²) >= 11 is 5.98. The fourth-order valence-corrected chi connectivity index (χ4v) is 1.78. The van der Waals surface area contributed by atoms with Crippen LogP contribution in [0.5, 0.6) is 0 Å². The van der Waals surface area contributed by atoms with Gasteiger partial charge in [-0.1, -0.05) is 32.4 Å². The molecule has 2 heterocycles. The number of nitrogens with one attached hydrogen (secondary N) is 1. The van der Waals surface area contributed by atoms with Crippen molar-refractivity contribution in [3.8, 4) is 0 Å². The number of rotatable bonds is 2. The Morgan fingerprint density at radius 3 is 2.65 bits per heavy atom. The fraction of sp³-hybridized carbons (Fsp3) is 0.286. The van der Waals surface area contributed by atoms with Crippen LogP contribution >= 0.6 is 11.6 Å². The smallest absolute Gasteiger partial charge is 0.257 e. The predicted molar refractivity (Wildman–Crippen MR) is 77.9 cm³/mol. The van der Waals surface area contributed by atoms with Crippen LogP contribution in [0, 0.1) is 0 Å². The highest BCUT2D eigenvalue weighted by Gasteiger charge is 2.19. The summed E-state index contributed by atoms with van der Waals surface area (Å²) in [5.74, 6) is 0.100. The van der Waals surface area contributed by atoms with Gasteiger partial charge >= 0.3 is 0 Å². The summed E-state index contributed by atoms with van der Waals surface area (Å²) in [5.41, 5.74) is 1.02. The molecule has 1 amide bonds. The Kier molecular flexibility index (Phi) is 3.99. The van der Waals surface area contributed by atoms with E-state index in [0.717, 1.165) is 5.69 Å². The molecule has 0 aliphatic carbocycles. The molecular formula is C14H15ClN4O. The maximum absolute atomic E-state index is 12.2. The second kappa shape index (κ2) is 5.54. The third kappa shape index (κ3) is 3.51. The highest BCUT2D eigenvalue weighted by molar-refractivity contribution is 6.29. The van der Waals surface area contributed by atoms with Gasteiger partial charge in [0.25, 0.3) is 5.91 Å². The highest BCUT2D eigenvalue weighted by Crippen LogP contribution is 2.23. The molecule has 0 aliphatic rings. The molecule has 0 aromatic carbocycles. The van der Waals surface area contributed by atoms with Gasteiger partial charge in [-0.2, -0.15) is 5.10 Å². The van der Waals surface area contributed by atoms with Crippen molar-refractivity contribution in [2.45, 2.75) is 26.2 Å². The third-order valence-electron chi connectivity index (χ3n) is 2.64. The molecular weight excluding hydrogens is 276 g/mol. The summed E-state index contributed by atoms with van der Waals surface area (Å²) in [6, 6.07) is 6.63. The van der Waals surface area contributed by atoms with E-state index in [1.807, 2.05) is 20.8 Å². The molecule has 0 spiro atoms. The van der Waals surface area contributed by atoms with E-state index in [-0.39, 0.29) is 11.3 Å². The molecule has 0 fully saturated rings. The lowest BCUT2D eigenvalue weighted by molar-refractivity contribution is 0.102. The molecule has 0 aliphatic heterocycles. The molecule has 0 saturated heterocycles. The van der Waals surface area contributed by atoms with Gasteiger partial charge < -0.3 is 5.32 Å². The Bertz CT molecular complexity index is 623. The quantitative estimate of drug-likeness (QED) is 0.863. The lowest BCUT2D eigenvalue weighted by atomic mass is 9.91. The SMILES string of the molecule is CC(C)(C)c1cc(C(=O)Nc2cccnn2)cc(Cl)n1. The van der Waals surface area contributed by atoms with Crippen LogP contribution in [0.3, 0.4) is 0 Å². The number of anilines is 1. The van der Waals surface area contributed by atoms with E-state index < -0.39 is 0 Å². The van der Waals surface area contributed by atoms with E-state index in [1.165, 1.54) is 12.3 Å². The van der Waals surface area contributed by atoms with Gasteiger partial charge in [-0.25, -0.2) is 4.98 Å². The number of hydrogen-bond acceptors (Lipinski definition) is 4. The van der Waals surface area contributed by atoms with Crippen molar-refractivity contribution < 1.29 is 4.79 Å². The summed E-state index contributed by atoms with van der Waals surface area (Å²) in [6.07, 6.45) is 1.54. The van der Waals surface area contributed by atoms with Crippen molar-refractivity contribution >= 4 is 23.3 Å². The van der Waals surface area contributed by atoms with E-state index in [2.05, 4.69) is 20.5 Å². The Balaban J connectivity index is 2.29. The van der Waals surface area contributed by atoms with Crippen molar-refractivity contribution in [3.05, 3.63) is 46.9 Å². The molecule has 2 aromatic rings. The average Bonchev–Trinajstić information content (AvgIpc) is 2.38. The van der Waals surface area contributed by atoms with Crippen molar-refractivity contribution in [1.82, 2.24) is 15.2 Å². The van der Waals surface area contributed by atoms with Gasteiger partial charge in [0.05, 0.1) is 0 Å². The third-order valence-corrected chi connectivity index (χ3v) is 2.83. The monoisotopic (exact) mass is 290 g/mol. The zero-order valence-corrected chi connectivity index (χ0v) is 12.3. The highest BCUT2D eigenvalue weighted by atomic mass is 35.5. The van der Waals surface area contributed by atoms with Gasteiger partial charge in [0.1, 0.15) is 5.15 Å². The maximum atomic E-state index is 12.2. The molecule has 0 radical (unpaired) electrons. The lowest BCUT2D eigenvalue weighted by Crippen LogP contribution is -2.18. The van der Waals surface area contributed by atoms with Crippen LogP contribution in [-0.4, -0.2) is 21.1 Å². The first-order valence-electron chi connectivity index (χ1n) is 6.13. The first kappa shape index (κ1) is 14.4. The van der Waals surface area contributed by atoms with Crippen LogP contribution in [0.15, 0.2) is 30.5 Å². The molecule has 0 unspecified atom stereocenters. The molecule has 5 nitrogen and oxygen atoms in total. The number of hydrogen-bond donors (Lipinski definition) is 1. The summed E-state index contributed by atoms with van der Waals surface area (Å²) in [4.78, 5) is 16.4. The predicted octanol–water partition coefficient (Wildman–Crippen LogP) is 3.07. The number of aromatic nitrogens is 3. The Hall–Kier alpha value is -2.01. The van der Waals surface area contributed by atoms with Crippen molar-refractivity contribution in [1.29, 1.82) is 0 Å². The minimum Gasteiger partial charge on any atom is -0.305 e. The van der Waals surface area contributed by atoms with Crippen molar-refractivity contribution in [2.24, 2.45) is 0 Å². The Labute approximate surface area is 122 Å². The lowest BCUT2D eigenvalue weighted by Gasteiger charge is -2.18. The van der Waals surface area contributed by atoms with Gasteiger partial charge in [0.15, 0.2) is 5.82 Å². The number of amides is 1. The molecule has 6 heteroatoms. The van der Waals surface area contributed by atoms with Crippen LogP contribution < -0.4 is 5.32 Å². The molecule has 0 atom stereocenters. The second-order valence-electron chi connectivity index (χ2n) is 5.38. The summed E-state index contributed by atoms with van der Waals surface area (Å²) in [7, 11) is 0. The number of carbonyl (C=O) groups excluding carboxylic acids is 1. The van der Waals surface area contributed by atoms with Gasteiger partial charge in [-0.05, 0) is 24.3 Å². The van der Waals surface area contributed by atoms with E-state index in [9.17, 15) is 4.79 Å². The number of carbonyl (C=O) groups is 1.